The van der Waals surface area contributed by atoms with E-state index >= 15 is 0 Å². The number of anilines is 1. The number of rotatable bonds is 7. The first kappa shape index (κ1) is 16.3. The minimum Gasteiger partial charge on any atom is -0.411 e. The average Bonchev–Trinajstić information content (AvgIpc) is 3.09. The van der Waals surface area contributed by atoms with Crippen LogP contribution >= 0.6 is 11.8 Å². The summed E-state index contributed by atoms with van der Waals surface area (Å²) in [7, 11) is 0. The molecule has 1 aromatic heterocycles. The molecule has 3 rings (SSSR count). The van der Waals surface area contributed by atoms with E-state index < -0.39 is 0 Å². The monoisotopic (exact) mass is 339 g/mol. The molecule has 0 saturated carbocycles. The fourth-order valence-electron chi connectivity index (χ4n) is 2.10. The average molecular weight is 339 g/mol. The number of benzene rings is 2. The molecule has 0 aliphatic heterocycles. The van der Waals surface area contributed by atoms with Gasteiger partial charge in [0.25, 0.3) is 5.22 Å². The van der Waals surface area contributed by atoms with Gasteiger partial charge in [-0.3, -0.25) is 4.79 Å². The Balaban J connectivity index is 1.41. The molecule has 5 nitrogen and oxygen atoms in total. The summed E-state index contributed by atoms with van der Waals surface area (Å²) in [6, 6.07) is 19.1. The Bertz CT molecular complexity index is 775. The zero-order chi connectivity index (χ0) is 16.6. The van der Waals surface area contributed by atoms with E-state index in [-0.39, 0.29) is 5.91 Å². The van der Waals surface area contributed by atoms with Crippen molar-refractivity contribution < 1.29 is 9.21 Å². The van der Waals surface area contributed by atoms with Crippen LogP contribution in [-0.2, 0) is 4.79 Å². The number of hydrogen-bond donors (Lipinski definition) is 1. The molecular weight excluding hydrogens is 322 g/mol. The molecule has 1 heterocycles. The lowest BCUT2D eigenvalue weighted by molar-refractivity contribution is -0.116. The van der Waals surface area contributed by atoms with Crippen LogP contribution in [0.25, 0.3) is 11.5 Å². The van der Waals surface area contributed by atoms with Gasteiger partial charge < -0.3 is 9.73 Å². The van der Waals surface area contributed by atoms with Crippen molar-refractivity contribution in [1.82, 2.24) is 10.2 Å². The highest BCUT2D eigenvalue weighted by Gasteiger charge is 2.09. The molecule has 0 aliphatic carbocycles. The van der Waals surface area contributed by atoms with Crippen molar-refractivity contribution in [1.29, 1.82) is 0 Å². The number of amides is 1. The van der Waals surface area contributed by atoms with Gasteiger partial charge in [-0.15, -0.1) is 10.2 Å². The first-order valence-electron chi connectivity index (χ1n) is 7.68. The second-order valence-electron chi connectivity index (χ2n) is 5.11. The van der Waals surface area contributed by atoms with Crippen LogP contribution < -0.4 is 5.32 Å². The maximum atomic E-state index is 11.8. The highest BCUT2D eigenvalue weighted by atomic mass is 32.2. The van der Waals surface area contributed by atoms with Crippen molar-refractivity contribution in [3.8, 4) is 11.5 Å². The molecule has 0 atom stereocenters. The van der Waals surface area contributed by atoms with Crippen molar-refractivity contribution in [2.75, 3.05) is 11.1 Å². The van der Waals surface area contributed by atoms with Crippen LogP contribution in [0.1, 0.15) is 12.8 Å². The van der Waals surface area contributed by atoms with E-state index in [1.54, 1.807) is 0 Å². The molecule has 0 saturated heterocycles. The Morgan fingerprint density at radius 1 is 1.00 bits per heavy atom. The maximum Gasteiger partial charge on any atom is 0.276 e. The van der Waals surface area contributed by atoms with Crippen LogP contribution in [0.5, 0.6) is 0 Å². The quantitative estimate of drug-likeness (QED) is 0.515. The van der Waals surface area contributed by atoms with E-state index in [4.69, 9.17) is 4.42 Å². The molecule has 0 spiro atoms. The summed E-state index contributed by atoms with van der Waals surface area (Å²) in [4.78, 5) is 11.8. The third-order valence-corrected chi connectivity index (χ3v) is 4.16. The molecular formula is C18H17N3O2S. The van der Waals surface area contributed by atoms with Gasteiger partial charge in [0.2, 0.25) is 11.8 Å². The third-order valence-electron chi connectivity index (χ3n) is 3.26. The molecule has 122 valence electrons. The highest BCUT2D eigenvalue weighted by Crippen LogP contribution is 2.23. The van der Waals surface area contributed by atoms with E-state index in [0.717, 1.165) is 23.4 Å². The van der Waals surface area contributed by atoms with Crippen LogP contribution in [0.2, 0.25) is 0 Å². The van der Waals surface area contributed by atoms with Crippen molar-refractivity contribution in [2.24, 2.45) is 0 Å². The van der Waals surface area contributed by atoms with Gasteiger partial charge >= 0.3 is 0 Å². The SMILES string of the molecule is O=C(CCCSc1nnc(-c2ccccc2)o1)Nc1ccccc1. The van der Waals surface area contributed by atoms with E-state index in [2.05, 4.69) is 15.5 Å². The summed E-state index contributed by atoms with van der Waals surface area (Å²) in [6.07, 6.45) is 1.20. The van der Waals surface area contributed by atoms with Gasteiger partial charge in [-0.1, -0.05) is 48.2 Å². The molecule has 0 radical (unpaired) electrons. The van der Waals surface area contributed by atoms with Gasteiger partial charge in [-0.05, 0) is 30.7 Å². The Morgan fingerprint density at radius 3 is 2.46 bits per heavy atom. The smallest absolute Gasteiger partial charge is 0.276 e. The zero-order valence-corrected chi connectivity index (χ0v) is 13.8. The molecule has 6 heteroatoms. The number of para-hydroxylation sites is 1. The first-order chi connectivity index (χ1) is 11.8. The summed E-state index contributed by atoms with van der Waals surface area (Å²) >= 11 is 1.46. The van der Waals surface area contributed by atoms with Crippen LogP contribution in [0.15, 0.2) is 70.3 Å². The van der Waals surface area contributed by atoms with E-state index in [1.807, 2.05) is 60.7 Å². The van der Waals surface area contributed by atoms with E-state index in [1.165, 1.54) is 11.8 Å². The van der Waals surface area contributed by atoms with Crippen LogP contribution in [0, 0.1) is 0 Å². The number of nitrogens with zero attached hydrogens (tertiary/aromatic N) is 2. The van der Waals surface area contributed by atoms with Crippen molar-refractivity contribution >= 4 is 23.4 Å². The normalized spacial score (nSPS) is 10.5. The Kier molecular flexibility index (Phi) is 5.63. The van der Waals surface area contributed by atoms with Crippen molar-refractivity contribution in [3.05, 3.63) is 60.7 Å². The van der Waals surface area contributed by atoms with Gasteiger partial charge in [0.15, 0.2) is 0 Å². The molecule has 0 bridgehead atoms. The molecule has 0 unspecified atom stereocenters. The lowest BCUT2D eigenvalue weighted by atomic mass is 10.2. The molecule has 3 aromatic rings. The van der Waals surface area contributed by atoms with Gasteiger partial charge in [0.1, 0.15) is 0 Å². The predicted molar refractivity (Wildman–Crippen MR) is 94.8 cm³/mol. The van der Waals surface area contributed by atoms with Crippen LogP contribution in [0.3, 0.4) is 0 Å². The standard InChI is InChI=1S/C18H17N3O2S/c22-16(19-15-10-5-2-6-11-15)12-7-13-24-18-21-20-17(23-18)14-8-3-1-4-9-14/h1-6,8-11H,7,12-13H2,(H,19,22). The molecule has 0 fully saturated rings. The Labute approximate surface area is 144 Å². The summed E-state index contributed by atoms with van der Waals surface area (Å²) in [5, 5.41) is 11.5. The highest BCUT2D eigenvalue weighted by molar-refractivity contribution is 7.99. The molecule has 1 N–H and O–H groups in total. The fraction of sp³-hybridized carbons (Fsp3) is 0.167. The number of aromatic nitrogens is 2. The Morgan fingerprint density at radius 2 is 1.71 bits per heavy atom. The number of carbonyl (C=O) groups is 1. The van der Waals surface area contributed by atoms with Gasteiger partial charge in [0.05, 0.1) is 0 Å². The number of hydrogen-bond acceptors (Lipinski definition) is 5. The van der Waals surface area contributed by atoms with Crippen LogP contribution in [0.4, 0.5) is 5.69 Å². The maximum absolute atomic E-state index is 11.8. The van der Waals surface area contributed by atoms with Gasteiger partial charge in [-0.25, -0.2) is 0 Å². The van der Waals surface area contributed by atoms with E-state index in [9.17, 15) is 4.79 Å². The third kappa shape index (κ3) is 4.70. The second-order valence-corrected chi connectivity index (χ2v) is 6.15. The zero-order valence-electron chi connectivity index (χ0n) is 13.0. The van der Waals surface area contributed by atoms with Crippen molar-refractivity contribution in [3.63, 3.8) is 0 Å². The minimum atomic E-state index is 0.0114. The summed E-state index contributed by atoms with van der Waals surface area (Å²) in [5.41, 5.74) is 1.72. The second kappa shape index (κ2) is 8.31. The lowest BCUT2D eigenvalue weighted by Gasteiger charge is -2.03. The summed E-state index contributed by atoms with van der Waals surface area (Å²) in [6.45, 7) is 0. The molecule has 24 heavy (non-hydrogen) atoms. The van der Waals surface area contributed by atoms with Gasteiger partial charge in [-0.2, -0.15) is 0 Å². The predicted octanol–water partition coefficient (Wildman–Crippen LogP) is 4.25. The van der Waals surface area contributed by atoms with Gasteiger partial charge in [0, 0.05) is 23.4 Å². The van der Waals surface area contributed by atoms with E-state index in [0.29, 0.717) is 17.5 Å². The molecule has 1 amide bonds. The fourth-order valence-corrected chi connectivity index (χ4v) is 2.80. The Hall–Kier alpha value is -2.60. The largest absolute Gasteiger partial charge is 0.411 e. The molecule has 0 aliphatic rings. The first-order valence-corrected chi connectivity index (χ1v) is 8.66. The number of carbonyl (C=O) groups excluding carboxylic acids is 1. The number of thioether (sulfide) groups is 1. The lowest BCUT2D eigenvalue weighted by Crippen LogP contribution is -2.11. The van der Waals surface area contributed by atoms with Crippen molar-refractivity contribution in [2.45, 2.75) is 18.1 Å². The summed E-state index contributed by atoms with van der Waals surface area (Å²) in [5.74, 6) is 1.27. The van der Waals surface area contributed by atoms with Crippen LogP contribution in [-0.4, -0.2) is 21.9 Å². The topological polar surface area (TPSA) is 68.0 Å². The summed E-state index contributed by atoms with van der Waals surface area (Å²) < 4.78 is 5.61. The minimum absolute atomic E-state index is 0.0114. The molecule has 2 aromatic carbocycles. The number of nitrogens with one attached hydrogen (secondary N) is 1.